The van der Waals surface area contributed by atoms with Crippen molar-refractivity contribution in [2.45, 2.75) is 97.6 Å². The van der Waals surface area contributed by atoms with Crippen LogP contribution in [0.15, 0.2) is 16.8 Å². The largest absolute Gasteiger partial charge is 0.433 e. The van der Waals surface area contributed by atoms with Crippen LogP contribution in [0, 0.1) is 40.4 Å². The summed E-state index contributed by atoms with van der Waals surface area (Å²) >= 11 is 0. The van der Waals surface area contributed by atoms with E-state index in [4.69, 9.17) is 4.84 Å². The molecule has 0 bridgehead atoms. The molecule has 3 saturated carbocycles. The van der Waals surface area contributed by atoms with E-state index in [1.807, 2.05) is 0 Å². The first-order chi connectivity index (χ1) is 16.2. The molecule has 0 aromatic heterocycles. The number of carbonyl (C=O) groups is 1. The second-order valence-corrected chi connectivity index (χ2v) is 12.7. The second kappa shape index (κ2) is 9.24. The van der Waals surface area contributed by atoms with E-state index < -0.39 is 6.09 Å². The molecule has 5 aliphatic rings. The number of oxime groups is 1. The number of aliphatic hydroxyl groups is 1. The molecular formula is C28H45N3O3. The Labute approximate surface area is 205 Å². The third kappa shape index (κ3) is 4.23. The van der Waals surface area contributed by atoms with Crippen LogP contribution in [0.3, 0.4) is 0 Å². The highest BCUT2D eigenvalue weighted by Gasteiger charge is 2.59. The van der Waals surface area contributed by atoms with Crippen molar-refractivity contribution in [3.63, 3.8) is 0 Å². The summed E-state index contributed by atoms with van der Waals surface area (Å²) in [5.74, 6) is 3.27. The Balaban J connectivity index is 1.22. The lowest BCUT2D eigenvalue weighted by Crippen LogP contribution is -2.51. The highest BCUT2D eigenvalue weighted by atomic mass is 16.7. The van der Waals surface area contributed by atoms with Gasteiger partial charge in [0.05, 0.1) is 11.8 Å². The fourth-order valence-electron chi connectivity index (χ4n) is 8.99. The van der Waals surface area contributed by atoms with E-state index in [2.05, 4.69) is 49.6 Å². The average molecular weight is 472 g/mol. The summed E-state index contributed by atoms with van der Waals surface area (Å²) in [7, 11) is 0. The Morgan fingerprint density at radius 1 is 1.21 bits per heavy atom. The van der Waals surface area contributed by atoms with Crippen LogP contribution < -0.4 is 10.6 Å². The summed E-state index contributed by atoms with van der Waals surface area (Å²) in [6, 6.07) is 0.331. The van der Waals surface area contributed by atoms with E-state index in [-0.39, 0.29) is 16.9 Å². The Morgan fingerprint density at radius 3 is 2.79 bits per heavy atom. The minimum Gasteiger partial charge on any atom is -0.389 e. The lowest BCUT2D eigenvalue weighted by atomic mass is 9.46. The van der Waals surface area contributed by atoms with Gasteiger partial charge in [-0.1, -0.05) is 37.6 Å². The predicted octanol–water partition coefficient (Wildman–Crippen LogP) is 5.03. The maximum atomic E-state index is 12.3. The van der Waals surface area contributed by atoms with E-state index in [1.54, 1.807) is 0 Å². The van der Waals surface area contributed by atoms with Gasteiger partial charge in [0.2, 0.25) is 0 Å². The quantitative estimate of drug-likeness (QED) is 0.232. The topological polar surface area (TPSA) is 83.0 Å². The first kappa shape index (κ1) is 24.3. The number of nitrogens with zero attached hydrogens (tertiary/aromatic N) is 1. The Morgan fingerprint density at radius 2 is 2.03 bits per heavy atom. The summed E-state index contributed by atoms with van der Waals surface area (Å²) < 4.78 is 0. The first-order valence-corrected chi connectivity index (χ1v) is 13.8. The Bertz CT molecular complexity index is 856. The highest BCUT2D eigenvalue weighted by Crippen LogP contribution is 2.66. The molecular weight excluding hydrogens is 426 g/mol. The van der Waals surface area contributed by atoms with Crippen molar-refractivity contribution in [3.05, 3.63) is 11.6 Å². The summed E-state index contributed by atoms with van der Waals surface area (Å²) in [5, 5.41) is 20.8. The number of hydrogen-bond donors (Lipinski definition) is 3. The maximum Gasteiger partial charge on any atom is 0.433 e. The van der Waals surface area contributed by atoms with Crippen LogP contribution in [0.25, 0.3) is 0 Å². The molecule has 190 valence electrons. The third-order valence-electron chi connectivity index (χ3n) is 10.8. The number of fused-ring (bicyclic) bond motifs is 5. The van der Waals surface area contributed by atoms with Gasteiger partial charge >= 0.3 is 6.09 Å². The second-order valence-electron chi connectivity index (χ2n) is 12.7. The zero-order chi connectivity index (χ0) is 24.1. The molecule has 0 aromatic carbocycles. The van der Waals surface area contributed by atoms with Crippen LogP contribution in [-0.4, -0.2) is 42.1 Å². The molecule has 9 atom stereocenters. The van der Waals surface area contributed by atoms with Crippen molar-refractivity contribution >= 4 is 11.8 Å². The van der Waals surface area contributed by atoms with E-state index in [0.717, 1.165) is 62.1 Å². The molecule has 0 aromatic rings. The molecule has 2 unspecified atom stereocenters. The zero-order valence-corrected chi connectivity index (χ0v) is 21.6. The summed E-state index contributed by atoms with van der Waals surface area (Å²) in [6.07, 6.45) is 11.9. The number of hydrogen-bond acceptors (Lipinski definition) is 5. The van der Waals surface area contributed by atoms with Gasteiger partial charge in [-0.05, 0) is 106 Å². The monoisotopic (exact) mass is 471 g/mol. The molecule has 4 aliphatic carbocycles. The summed E-state index contributed by atoms with van der Waals surface area (Å²) in [4.78, 5) is 17.6. The molecule has 0 radical (unpaired) electrons. The molecule has 1 aliphatic heterocycles. The molecule has 3 N–H and O–H groups in total. The van der Waals surface area contributed by atoms with Gasteiger partial charge in [0.15, 0.2) is 0 Å². The normalized spacial score (nSPS) is 46.2. The summed E-state index contributed by atoms with van der Waals surface area (Å²) in [6.45, 7) is 10.9. The maximum absolute atomic E-state index is 12.3. The van der Waals surface area contributed by atoms with Crippen molar-refractivity contribution < 1.29 is 14.7 Å². The fourth-order valence-corrected chi connectivity index (χ4v) is 8.99. The van der Waals surface area contributed by atoms with Gasteiger partial charge in [0.25, 0.3) is 0 Å². The number of amides is 1. The van der Waals surface area contributed by atoms with Crippen LogP contribution in [0.1, 0.15) is 85.5 Å². The molecule has 5 rings (SSSR count). The average Bonchev–Trinajstić information content (AvgIpc) is 3.39. The van der Waals surface area contributed by atoms with E-state index in [1.165, 1.54) is 31.3 Å². The van der Waals surface area contributed by atoms with Crippen LogP contribution in [-0.2, 0) is 4.84 Å². The molecule has 1 heterocycles. The van der Waals surface area contributed by atoms with Crippen molar-refractivity contribution in [1.82, 2.24) is 10.6 Å². The van der Waals surface area contributed by atoms with Gasteiger partial charge in [0, 0.05) is 18.5 Å². The van der Waals surface area contributed by atoms with Gasteiger partial charge in [0.1, 0.15) is 0 Å². The van der Waals surface area contributed by atoms with Crippen LogP contribution in [0.2, 0.25) is 0 Å². The van der Waals surface area contributed by atoms with Crippen LogP contribution in [0.5, 0.6) is 0 Å². The minimum absolute atomic E-state index is 0.238. The summed E-state index contributed by atoms with van der Waals surface area (Å²) in [5.41, 5.74) is 3.03. The molecule has 4 fully saturated rings. The molecule has 1 saturated heterocycles. The zero-order valence-electron chi connectivity index (χ0n) is 21.6. The molecule has 34 heavy (non-hydrogen) atoms. The number of allylic oxidation sites excluding steroid dienone is 1. The highest BCUT2D eigenvalue weighted by molar-refractivity contribution is 5.85. The first-order valence-electron chi connectivity index (χ1n) is 13.8. The molecule has 6 heteroatoms. The molecule has 1 amide bonds. The van der Waals surface area contributed by atoms with E-state index in [0.29, 0.717) is 24.4 Å². The third-order valence-corrected chi connectivity index (χ3v) is 10.8. The predicted molar refractivity (Wildman–Crippen MR) is 134 cm³/mol. The van der Waals surface area contributed by atoms with Gasteiger partial charge in [-0.2, -0.15) is 0 Å². The van der Waals surface area contributed by atoms with Gasteiger partial charge < -0.3 is 15.7 Å². The fraction of sp³-hybridized carbons (Fsp3) is 0.857. The van der Waals surface area contributed by atoms with Crippen LogP contribution >= 0.6 is 0 Å². The smallest absolute Gasteiger partial charge is 0.389 e. The van der Waals surface area contributed by atoms with Crippen molar-refractivity contribution in [3.8, 4) is 0 Å². The Hall–Kier alpha value is -1.40. The van der Waals surface area contributed by atoms with E-state index in [9.17, 15) is 9.90 Å². The van der Waals surface area contributed by atoms with Gasteiger partial charge in [-0.3, -0.25) is 4.84 Å². The lowest BCUT2D eigenvalue weighted by Gasteiger charge is -2.58. The van der Waals surface area contributed by atoms with Crippen LogP contribution in [0.4, 0.5) is 4.79 Å². The van der Waals surface area contributed by atoms with Crippen molar-refractivity contribution in [1.29, 1.82) is 0 Å². The van der Waals surface area contributed by atoms with Crippen molar-refractivity contribution in [2.24, 2.45) is 45.6 Å². The minimum atomic E-state index is -0.442. The SMILES string of the molecule is C/C(=N\OC(=O)NCC1CC(C)CN1)[C@H]1CC[C@H]2[C@@H]3CCC4=C[C@@H](O)CC[C@]4(C)[C@H]3CC[C@]12C. The number of aliphatic hydroxyl groups excluding tert-OH is 1. The Kier molecular flexibility index (Phi) is 6.60. The lowest BCUT2D eigenvalue weighted by molar-refractivity contribution is -0.0479. The van der Waals surface area contributed by atoms with Crippen molar-refractivity contribution in [2.75, 3.05) is 13.1 Å². The molecule has 0 spiro atoms. The number of rotatable bonds is 4. The van der Waals surface area contributed by atoms with Gasteiger partial charge in [-0.25, -0.2) is 4.79 Å². The standard InChI is InChI=1S/C28H45N3O3/c1-17-13-20(29-15-17)16-30-26(33)34-31-18(2)23-7-8-24-22-6-5-19-14-21(32)9-11-27(19,3)25(22)10-12-28(23,24)4/h14,17,20-25,29,32H,5-13,15-16H2,1-4H3,(H,30,33)/b31-18+/t17?,20?,21-,22-,23+,24-,25-,27-,28+/m0/s1. The molecule has 6 nitrogen and oxygen atoms in total. The van der Waals surface area contributed by atoms with Gasteiger partial charge in [-0.15, -0.1) is 0 Å². The van der Waals surface area contributed by atoms with E-state index >= 15 is 0 Å². The number of nitrogens with one attached hydrogen (secondary N) is 2. The number of carbonyl (C=O) groups excluding carboxylic acids is 1.